The molecule has 0 saturated heterocycles. The van der Waals surface area contributed by atoms with Crippen molar-refractivity contribution in [2.45, 2.75) is 11.8 Å². The van der Waals surface area contributed by atoms with Crippen LogP contribution in [0.1, 0.15) is 5.56 Å². The van der Waals surface area contributed by atoms with Crippen LogP contribution in [0.25, 0.3) is 0 Å². The van der Waals surface area contributed by atoms with E-state index in [0.717, 1.165) is 5.56 Å². The van der Waals surface area contributed by atoms with E-state index in [9.17, 15) is 8.42 Å². The number of nitrogens with two attached hydrogens (primary N) is 1. The van der Waals surface area contributed by atoms with Gasteiger partial charge in [-0.25, -0.2) is 8.42 Å². The minimum atomic E-state index is -3.69. The number of anilines is 2. The van der Waals surface area contributed by atoms with Crippen molar-refractivity contribution in [3.05, 3.63) is 53.1 Å². The SMILES string of the molecule is Cc1ccc(S(=O)(=O)Nc2ccccc2Cl)cc1N. The molecule has 4 nitrogen and oxygen atoms in total. The number of nitrogens with one attached hydrogen (secondary N) is 1. The molecule has 0 aromatic heterocycles. The zero-order valence-corrected chi connectivity index (χ0v) is 11.8. The molecule has 0 aliphatic heterocycles. The second-order valence-electron chi connectivity index (χ2n) is 4.10. The highest BCUT2D eigenvalue weighted by molar-refractivity contribution is 7.92. The van der Waals surface area contributed by atoms with E-state index in [2.05, 4.69) is 4.72 Å². The number of halogens is 1. The molecule has 0 heterocycles. The van der Waals surface area contributed by atoms with Crippen LogP contribution in [-0.2, 0) is 10.0 Å². The Morgan fingerprint density at radius 1 is 1.16 bits per heavy atom. The van der Waals surface area contributed by atoms with Crippen LogP contribution in [-0.4, -0.2) is 8.42 Å². The summed E-state index contributed by atoms with van der Waals surface area (Å²) in [6.07, 6.45) is 0. The summed E-state index contributed by atoms with van der Waals surface area (Å²) in [5.74, 6) is 0. The minimum absolute atomic E-state index is 0.107. The van der Waals surface area contributed by atoms with E-state index in [1.807, 2.05) is 6.92 Å². The Labute approximate surface area is 117 Å². The Morgan fingerprint density at radius 2 is 1.84 bits per heavy atom. The van der Waals surface area contributed by atoms with Gasteiger partial charge >= 0.3 is 0 Å². The molecule has 0 atom stereocenters. The van der Waals surface area contributed by atoms with Crippen molar-refractivity contribution in [2.24, 2.45) is 0 Å². The van der Waals surface area contributed by atoms with Crippen LogP contribution < -0.4 is 10.5 Å². The van der Waals surface area contributed by atoms with Gasteiger partial charge in [-0.1, -0.05) is 29.8 Å². The van der Waals surface area contributed by atoms with Gasteiger partial charge < -0.3 is 5.73 Å². The lowest BCUT2D eigenvalue weighted by Gasteiger charge is -2.10. The van der Waals surface area contributed by atoms with Gasteiger partial charge in [0.25, 0.3) is 10.0 Å². The van der Waals surface area contributed by atoms with Crippen LogP contribution >= 0.6 is 11.6 Å². The van der Waals surface area contributed by atoms with Gasteiger partial charge in [-0.15, -0.1) is 0 Å². The maximum atomic E-state index is 12.2. The molecule has 0 amide bonds. The Morgan fingerprint density at radius 3 is 2.47 bits per heavy atom. The lowest BCUT2D eigenvalue weighted by atomic mass is 10.2. The number of rotatable bonds is 3. The van der Waals surface area contributed by atoms with E-state index in [1.54, 1.807) is 30.3 Å². The van der Waals surface area contributed by atoms with E-state index in [0.29, 0.717) is 16.4 Å². The van der Waals surface area contributed by atoms with Crippen LogP contribution in [0.5, 0.6) is 0 Å². The van der Waals surface area contributed by atoms with Crippen molar-refractivity contribution >= 4 is 33.0 Å². The fourth-order valence-corrected chi connectivity index (χ4v) is 2.89. The number of benzene rings is 2. The predicted octanol–water partition coefficient (Wildman–Crippen LogP) is 3.03. The summed E-state index contributed by atoms with van der Waals surface area (Å²) in [5, 5.41) is 0.339. The summed E-state index contributed by atoms with van der Waals surface area (Å²) in [6.45, 7) is 1.81. The molecule has 19 heavy (non-hydrogen) atoms. The lowest BCUT2D eigenvalue weighted by Crippen LogP contribution is -2.13. The highest BCUT2D eigenvalue weighted by atomic mass is 35.5. The number of nitrogen functional groups attached to an aromatic ring is 1. The molecule has 0 unspecified atom stereocenters. The summed E-state index contributed by atoms with van der Waals surface area (Å²) in [7, 11) is -3.69. The molecule has 2 aromatic rings. The molecule has 6 heteroatoms. The highest BCUT2D eigenvalue weighted by Crippen LogP contribution is 2.25. The van der Waals surface area contributed by atoms with E-state index >= 15 is 0 Å². The Bertz CT molecular complexity index is 714. The van der Waals surface area contributed by atoms with Gasteiger partial charge in [0, 0.05) is 5.69 Å². The van der Waals surface area contributed by atoms with Crippen LogP contribution in [0.4, 0.5) is 11.4 Å². The van der Waals surface area contributed by atoms with Crippen LogP contribution in [0, 0.1) is 6.92 Å². The Kier molecular flexibility index (Phi) is 3.68. The molecule has 0 saturated carbocycles. The average Bonchev–Trinajstić information content (AvgIpc) is 2.35. The number of para-hydroxylation sites is 1. The predicted molar refractivity (Wildman–Crippen MR) is 77.9 cm³/mol. The third kappa shape index (κ3) is 3.00. The van der Waals surface area contributed by atoms with Crippen LogP contribution in [0.15, 0.2) is 47.4 Å². The summed E-state index contributed by atoms with van der Waals surface area (Å²) in [6, 6.07) is 11.2. The molecular weight excluding hydrogens is 284 g/mol. The lowest BCUT2D eigenvalue weighted by molar-refractivity contribution is 0.601. The molecule has 0 aliphatic rings. The van der Waals surface area contributed by atoms with Crippen LogP contribution in [0.2, 0.25) is 5.02 Å². The van der Waals surface area contributed by atoms with E-state index in [4.69, 9.17) is 17.3 Å². The first-order valence-electron chi connectivity index (χ1n) is 5.53. The van der Waals surface area contributed by atoms with Gasteiger partial charge in [0.15, 0.2) is 0 Å². The number of aryl methyl sites for hydroxylation is 1. The Balaban J connectivity index is 2.38. The van der Waals surface area contributed by atoms with Gasteiger partial charge in [-0.2, -0.15) is 0 Å². The molecule has 0 spiro atoms. The van der Waals surface area contributed by atoms with E-state index < -0.39 is 10.0 Å². The van der Waals surface area contributed by atoms with Gasteiger partial charge in [0.2, 0.25) is 0 Å². The van der Waals surface area contributed by atoms with Gasteiger partial charge in [0.1, 0.15) is 0 Å². The molecule has 100 valence electrons. The normalized spacial score (nSPS) is 11.3. The van der Waals surface area contributed by atoms with Gasteiger partial charge in [-0.05, 0) is 36.8 Å². The molecule has 0 bridgehead atoms. The number of sulfonamides is 1. The first-order chi connectivity index (χ1) is 8.90. The molecule has 0 radical (unpaired) electrons. The molecule has 3 N–H and O–H groups in total. The largest absolute Gasteiger partial charge is 0.398 e. The second kappa shape index (κ2) is 5.11. The zero-order chi connectivity index (χ0) is 14.0. The third-order valence-corrected chi connectivity index (χ3v) is 4.37. The van der Waals surface area contributed by atoms with Crippen molar-refractivity contribution < 1.29 is 8.42 Å². The van der Waals surface area contributed by atoms with Crippen molar-refractivity contribution in [3.8, 4) is 0 Å². The van der Waals surface area contributed by atoms with E-state index in [1.165, 1.54) is 12.1 Å². The van der Waals surface area contributed by atoms with Gasteiger partial charge in [-0.3, -0.25) is 4.72 Å². The standard InChI is InChI=1S/C13H13ClN2O2S/c1-9-6-7-10(8-12(9)15)19(17,18)16-13-5-3-2-4-11(13)14/h2-8,16H,15H2,1H3. The molecule has 2 aromatic carbocycles. The summed E-state index contributed by atoms with van der Waals surface area (Å²) in [5.41, 5.74) is 7.32. The number of hydrogen-bond donors (Lipinski definition) is 2. The van der Waals surface area contributed by atoms with Gasteiger partial charge in [0.05, 0.1) is 15.6 Å². The summed E-state index contributed by atoms with van der Waals surface area (Å²) >= 11 is 5.92. The topological polar surface area (TPSA) is 72.2 Å². The first-order valence-corrected chi connectivity index (χ1v) is 7.40. The Hall–Kier alpha value is -1.72. The fraction of sp³-hybridized carbons (Fsp3) is 0.0769. The second-order valence-corrected chi connectivity index (χ2v) is 6.19. The first kappa shape index (κ1) is 13.7. The molecule has 2 rings (SSSR count). The number of hydrogen-bond acceptors (Lipinski definition) is 3. The van der Waals surface area contributed by atoms with Crippen molar-refractivity contribution in [1.82, 2.24) is 0 Å². The monoisotopic (exact) mass is 296 g/mol. The summed E-state index contributed by atoms with van der Waals surface area (Å²) < 4.78 is 26.8. The van der Waals surface area contributed by atoms with Crippen LogP contribution in [0.3, 0.4) is 0 Å². The summed E-state index contributed by atoms with van der Waals surface area (Å²) in [4.78, 5) is 0.107. The average molecular weight is 297 g/mol. The quantitative estimate of drug-likeness (QED) is 0.855. The van der Waals surface area contributed by atoms with Crippen molar-refractivity contribution in [2.75, 3.05) is 10.5 Å². The molecule has 0 fully saturated rings. The minimum Gasteiger partial charge on any atom is -0.398 e. The maximum Gasteiger partial charge on any atom is 0.262 e. The van der Waals surface area contributed by atoms with Crippen molar-refractivity contribution in [3.63, 3.8) is 0 Å². The smallest absolute Gasteiger partial charge is 0.262 e. The van der Waals surface area contributed by atoms with E-state index in [-0.39, 0.29) is 4.90 Å². The molecular formula is C13H13ClN2O2S. The third-order valence-electron chi connectivity index (χ3n) is 2.68. The zero-order valence-electron chi connectivity index (χ0n) is 10.2. The highest BCUT2D eigenvalue weighted by Gasteiger charge is 2.16. The van der Waals surface area contributed by atoms with Crippen molar-refractivity contribution in [1.29, 1.82) is 0 Å². The fourth-order valence-electron chi connectivity index (χ4n) is 1.53. The maximum absolute atomic E-state index is 12.2. The molecule has 0 aliphatic carbocycles.